The SMILES string of the molecule is O=C(O)CSc1nnc(-c2cccs2)n1C1CCCC1. The van der Waals surface area contributed by atoms with E-state index in [1.807, 2.05) is 17.5 Å². The summed E-state index contributed by atoms with van der Waals surface area (Å²) in [5.74, 6) is 0.0726. The number of carboxylic acids is 1. The standard InChI is InChI=1S/C13H15N3O2S2/c17-11(18)8-20-13-15-14-12(10-6-3-7-19-10)16(13)9-4-1-2-5-9/h3,6-7,9H,1-2,4-5,8H2,(H,17,18). The van der Waals surface area contributed by atoms with E-state index >= 15 is 0 Å². The Morgan fingerprint density at radius 2 is 2.25 bits per heavy atom. The van der Waals surface area contributed by atoms with Crippen molar-refractivity contribution in [3.63, 3.8) is 0 Å². The summed E-state index contributed by atoms with van der Waals surface area (Å²) >= 11 is 2.89. The number of rotatable bonds is 5. The average molecular weight is 309 g/mol. The van der Waals surface area contributed by atoms with Crippen molar-refractivity contribution in [3.8, 4) is 10.7 Å². The van der Waals surface area contributed by atoms with Crippen molar-refractivity contribution in [2.24, 2.45) is 0 Å². The Morgan fingerprint density at radius 1 is 1.45 bits per heavy atom. The molecule has 1 N–H and O–H groups in total. The highest BCUT2D eigenvalue weighted by molar-refractivity contribution is 7.99. The van der Waals surface area contributed by atoms with Crippen molar-refractivity contribution in [2.45, 2.75) is 36.9 Å². The van der Waals surface area contributed by atoms with E-state index in [1.165, 1.54) is 24.6 Å². The van der Waals surface area contributed by atoms with Gasteiger partial charge in [-0.2, -0.15) is 0 Å². The van der Waals surface area contributed by atoms with Gasteiger partial charge in [-0.25, -0.2) is 0 Å². The summed E-state index contributed by atoms with van der Waals surface area (Å²) in [5.41, 5.74) is 0. The molecule has 0 radical (unpaired) electrons. The first kappa shape index (κ1) is 13.6. The first-order chi connectivity index (χ1) is 9.75. The number of carboxylic acid groups (broad SMARTS) is 1. The molecule has 1 aliphatic rings. The first-order valence-electron chi connectivity index (χ1n) is 6.59. The molecule has 3 rings (SSSR count). The van der Waals surface area contributed by atoms with Gasteiger partial charge in [0.15, 0.2) is 11.0 Å². The molecule has 106 valence electrons. The third-order valence-electron chi connectivity index (χ3n) is 3.42. The molecule has 0 unspecified atom stereocenters. The minimum atomic E-state index is -0.825. The largest absolute Gasteiger partial charge is 0.481 e. The zero-order chi connectivity index (χ0) is 13.9. The fourth-order valence-corrected chi connectivity index (χ4v) is 4.00. The van der Waals surface area contributed by atoms with E-state index in [-0.39, 0.29) is 5.75 Å². The minimum Gasteiger partial charge on any atom is -0.481 e. The van der Waals surface area contributed by atoms with Gasteiger partial charge in [-0.15, -0.1) is 21.5 Å². The second kappa shape index (κ2) is 5.97. The summed E-state index contributed by atoms with van der Waals surface area (Å²) in [6.45, 7) is 0. The van der Waals surface area contributed by atoms with Crippen LogP contribution in [0.5, 0.6) is 0 Å². The van der Waals surface area contributed by atoms with Crippen LogP contribution in [0.15, 0.2) is 22.7 Å². The molecule has 0 aliphatic heterocycles. The molecule has 1 saturated carbocycles. The van der Waals surface area contributed by atoms with Gasteiger partial charge in [0.1, 0.15) is 0 Å². The van der Waals surface area contributed by atoms with Gasteiger partial charge in [-0.1, -0.05) is 30.7 Å². The van der Waals surface area contributed by atoms with E-state index in [2.05, 4.69) is 14.8 Å². The van der Waals surface area contributed by atoms with Crippen LogP contribution in [0.2, 0.25) is 0 Å². The Kier molecular flexibility index (Phi) is 4.07. The smallest absolute Gasteiger partial charge is 0.313 e. The number of hydrogen-bond acceptors (Lipinski definition) is 5. The third kappa shape index (κ3) is 2.73. The average Bonchev–Trinajstić information content (AvgIpc) is 3.15. The minimum absolute atomic E-state index is 0.0231. The van der Waals surface area contributed by atoms with Gasteiger partial charge in [-0.05, 0) is 24.3 Å². The molecule has 0 spiro atoms. The fraction of sp³-hybridized carbons (Fsp3) is 0.462. The summed E-state index contributed by atoms with van der Waals surface area (Å²) in [4.78, 5) is 11.9. The molecule has 0 bridgehead atoms. The lowest BCUT2D eigenvalue weighted by atomic mass is 10.2. The number of aromatic nitrogens is 3. The van der Waals surface area contributed by atoms with Gasteiger partial charge in [-0.3, -0.25) is 9.36 Å². The van der Waals surface area contributed by atoms with Crippen molar-refractivity contribution < 1.29 is 9.90 Å². The molecular weight excluding hydrogens is 294 g/mol. The molecule has 0 atom stereocenters. The second-order valence-electron chi connectivity index (χ2n) is 4.77. The molecule has 1 fully saturated rings. The van der Waals surface area contributed by atoms with Crippen LogP contribution in [0.4, 0.5) is 0 Å². The predicted octanol–water partition coefficient (Wildman–Crippen LogP) is 3.30. The van der Waals surface area contributed by atoms with Gasteiger partial charge in [0.05, 0.1) is 10.6 Å². The molecule has 7 heteroatoms. The van der Waals surface area contributed by atoms with Crippen LogP contribution in [-0.2, 0) is 4.79 Å². The Balaban J connectivity index is 1.95. The number of aliphatic carboxylic acids is 1. The summed E-state index contributed by atoms with van der Waals surface area (Å²) < 4.78 is 2.15. The lowest BCUT2D eigenvalue weighted by Crippen LogP contribution is -2.09. The lowest BCUT2D eigenvalue weighted by molar-refractivity contribution is -0.133. The van der Waals surface area contributed by atoms with E-state index < -0.39 is 5.97 Å². The van der Waals surface area contributed by atoms with Gasteiger partial charge in [0.25, 0.3) is 0 Å². The van der Waals surface area contributed by atoms with E-state index in [0.29, 0.717) is 6.04 Å². The molecule has 1 aliphatic carbocycles. The van der Waals surface area contributed by atoms with Crippen molar-refractivity contribution >= 4 is 29.1 Å². The molecule has 0 amide bonds. The molecule has 20 heavy (non-hydrogen) atoms. The zero-order valence-corrected chi connectivity index (χ0v) is 12.5. The quantitative estimate of drug-likeness (QED) is 0.858. The number of nitrogens with zero attached hydrogens (tertiary/aromatic N) is 3. The molecule has 2 aromatic heterocycles. The van der Waals surface area contributed by atoms with Crippen LogP contribution in [0.25, 0.3) is 10.7 Å². The highest BCUT2D eigenvalue weighted by Gasteiger charge is 2.25. The summed E-state index contributed by atoms with van der Waals surface area (Å²) in [5, 5.41) is 20.1. The van der Waals surface area contributed by atoms with Gasteiger partial charge < -0.3 is 5.11 Å². The highest BCUT2D eigenvalue weighted by Crippen LogP contribution is 2.37. The number of hydrogen-bond donors (Lipinski definition) is 1. The summed E-state index contributed by atoms with van der Waals surface area (Å²) in [6, 6.07) is 4.43. The topological polar surface area (TPSA) is 68.0 Å². The van der Waals surface area contributed by atoms with Crippen LogP contribution < -0.4 is 0 Å². The van der Waals surface area contributed by atoms with Crippen LogP contribution in [0, 0.1) is 0 Å². The first-order valence-corrected chi connectivity index (χ1v) is 8.45. The van der Waals surface area contributed by atoms with Crippen molar-refractivity contribution in [1.82, 2.24) is 14.8 Å². The van der Waals surface area contributed by atoms with Crippen LogP contribution in [0.3, 0.4) is 0 Å². The van der Waals surface area contributed by atoms with Gasteiger partial charge in [0, 0.05) is 6.04 Å². The zero-order valence-electron chi connectivity index (χ0n) is 10.9. The second-order valence-corrected chi connectivity index (χ2v) is 6.66. The predicted molar refractivity (Wildman–Crippen MR) is 79.2 cm³/mol. The molecule has 5 nitrogen and oxygen atoms in total. The lowest BCUT2D eigenvalue weighted by Gasteiger charge is -2.15. The maximum atomic E-state index is 10.8. The van der Waals surface area contributed by atoms with E-state index in [9.17, 15) is 4.79 Å². The Labute approximate surface area is 125 Å². The van der Waals surface area contributed by atoms with Crippen LogP contribution in [-0.4, -0.2) is 31.6 Å². The Hall–Kier alpha value is -1.34. The van der Waals surface area contributed by atoms with Crippen molar-refractivity contribution in [1.29, 1.82) is 0 Å². The third-order valence-corrected chi connectivity index (χ3v) is 5.21. The maximum absolute atomic E-state index is 10.8. The van der Waals surface area contributed by atoms with Crippen molar-refractivity contribution in [2.75, 3.05) is 5.75 Å². The molecule has 2 heterocycles. The number of thioether (sulfide) groups is 1. The number of carbonyl (C=O) groups is 1. The highest BCUT2D eigenvalue weighted by atomic mass is 32.2. The number of thiophene rings is 1. The fourth-order valence-electron chi connectivity index (χ4n) is 2.57. The van der Waals surface area contributed by atoms with Crippen LogP contribution in [0.1, 0.15) is 31.7 Å². The summed E-state index contributed by atoms with van der Waals surface area (Å²) in [6.07, 6.45) is 4.68. The van der Waals surface area contributed by atoms with Gasteiger partial charge >= 0.3 is 5.97 Å². The summed E-state index contributed by atoms with van der Waals surface area (Å²) in [7, 11) is 0. The normalized spacial score (nSPS) is 15.8. The van der Waals surface area contributed by atoms with Gasteiger partial charge in [0.2, 0.25) is 0 Å². The molecule has 2 aromatic rings. The van der Waals surface area contributed by atoms with E-state index in [4.69, 9.17) is 5.11 Å². The maximum Gasteiger partial charge on any atom is 0.313 e. The van der Waals surface area contributed by atoms with Crippen LogP contribution >= 0.6 is 23.1 Å². The monoisotopic (exact) mass is 309 g/mol. The van der Waals surface area contributed by atoms with Crippen molar-refractivity contribution in [3.05, 3.63) is 17.5 Å². The Bertz CT molecular complexity index is 589. The van der Waals surface area contributed by atoms with E-state index in [0.717, 1.165) is 28.7 Å². The molecular formula is C13H15N3O2S2. The molecule has 0 aromatic carbocycles. The van der Waals surface area contributed by atoms with E-state index in [1.54, 1.807) is 11.3 Å². The Morgan fingerprint density at radius 3 is 2.90 bits per heavy atom. The molecule has 0 saturated heterocycles.